The molecule has 3 aromatic rings. The van der Waals surface area contributed by atoms with Crippen molar-refractivity contribution in [3.05, 3.63) is 71.9 Å². The molecule has 1 atom stereocenters. The average molecular weight is 394 g/mol. The molecule has 1 fully saturated rings. The summed E-state index contributed by atoms with van der Waals surface area (Å²) in [6, 6.07) is 14.5. The predicted molar refractivity (Wildman–Crippen MR) is 102 cm³/mol. The molecule has 7 nitrogen and oxygen atoms in total. The van der Waals surface area contributed by atoms with Gasteiger partial charge >= 0.3 is 0 Å². The number of rotatable bonds is 5. The molecule has 0 spiro atoms. The molecule has 2 heterocycles. The standard InChI is InChI=1S/C21H19FN4O3/c22-16-8-4-5-14(11-16)12-19(27)26-10-9-23-21(28)17(26)13-18-24-20(25-29-18)15-6-2-1-3-7-15/h1-8,11,17H,9-10,12-13H2,(H,23,28). The number of benzene rings is 2. The lowest BCUT2D eigenvalue weighted by Crippen LogP contribution is -2.58. The molecule has 1 unspecified atom stereocenters. The Morgan fingerprint density at radius 3 is 2.83 bits per heavy atom. The molecule has 148 valence electrons. The van der Waals surface area contributed by atoms with Gasteiger partial charge in [-0.25, -0.2) is 4.39 Å². The molecular formula is C21H19FN4O3. The van der Waals surface area contributed by atoms with Crippen LogP contribution in [0, 0.1) is 5.82 Å². The van der Waals surface area contributed by atoms with E-state index in [1.54, 1.807) is 12.1 Å². The fourth-order valence-electron chi connectivity index (χ4n) is 3.35. The van der Waals surface area contributed by atoms with Crippen LogP contribution in [-0.4, -0.2) is 46.0 Å². The highest BCUT2D eigenvalue weighted by Gasteiger charge is 2.34. The molecule has 4 rings (SSSR count). The highest BCUT2D eigenvalue weighted by Crippen LogP contribution is 2.18. The minimum absolute atomic E-state index is 0.0145. The third kappa shape index (κ3) is 4.31. The van der Waals surface area contributed by atoms with Crippen molar-refractivity contribution in [2.24, 2.45) is 0 Å². The summed E-state index contributed by atoms with van der Waals surface area (Å²) in [5, 5.41) is 6.73. The second-order valence-corrected chi connectivity index (χ2v) is 6.78. The summed E-state index contributed by atoms with van der Waals surface area (Å²) >= 11 is 0. The summed E-state index contributed by atoms with van der Waals surface area (Å²) < 4.78 is 18.7. The maximum absolute atomic E-state index is 13.4. The second kappa shape index (κ2) is 8.22. The summed E-state index contributed by atoms with van der Waals surface area (Å²) in [5.74, 6) is -0.229. The largest absolute Gasteiger partial charge is 0.353 e. The van der Waals surface area contributed by atoms with Gasteiger partial charge in [0.25, 0.3) is 0 Å². The molecule has 8 heteroatoms. The molecule has 2 aromatic carbocycles. The zero-order chi connectivity index (χ0) is 20.2. The van der Waals surface area contributed by atoms with Crippen LogP contribution < -0.4 is 5.32 Å². The number of aromatic nitrogens is 2. The van der Waals surface area contributed by atoms with E-state index in [2.05, 4.69) is 15.5 Å². The predicted octanol–water partition coefficient (Wildman–Crippen LogP) is 1.99. The van der Waals surface area contributed by atoms with Crippen molar-refractivity contribution in [2.45, 2.75) is 18.9 Å². The molecule has 0 radical (unpaired) electrons. The van der Waals surface area contributed by atoms with Crippen LogP contribution in [0.2, 0.25) is 0 Å². The molecule has 1 aliphatic rings. The van der Waals surface area contributed by atoms with Crippen molar-refractivity contribution in [1.29, 1.82) is 0 Å². The van der Waals surface area contributed by atoms with Crippen molar-refractivity contribution < 1.29 is 18.5 Å². The van der Waals surface area contributed by atoms with Crippen molar-refractivity contribution in [2.75, 3.05) is 13.1 Å². The normalized spacial score (nSPS) is 16.5. The van der Waals surface area contributed by atoms with Gasteiger partial charge < -0.3 is 14.7 Å². The van der Waals surface area contributed by atoms with E-state index in [1.807, 2.05) is 30.3 Å². The monoisotopic (exact) mass is 394 g/mol. The Morgan fingerprint density at radius 1 is 1.21 bits per heavy atom. The molecular weight excluding hydrogens is 375 g/mol. The second-order valence-electron chi connectivity index (χ2n) is 6.78. The fourth-order valence-corrected chi connectivity index (χ4v) is 3.35. The summed E-state index contributed by atoms with van der Waals surface area (Å²) in [4.78, 5) is 31.1. The maximum Gasteiger partial charge on any atom is 0.243 e. The van der Waals surface area contributed by atoms with Gasteiger partial charge in [-0.15, -0.1) is 0 Å². The number of nitrogens with zero attached hydrogens (tertiary/aromatic N) is 3. The van der Waals surface area contributed by atoms with Crippen LogP contribution in [0.15, 0.2) is 59.1 Å². The molecule has 1 aliphatic heterocycles. The van der Waals surface area contributed by atoms with Crippen LogP contribution in [0.5, 0.6) is 0 Å². The van der Waals surface area contributed by atoms with E-state index in [4.69, 9.17) is 4.52 Å². The number of hydrogen-bond donors (Lipinski definition) is 1. The van der Waals surface area contributed by atoms with Gasteiger partial charge in [0.15, 0.2) is 0 Å². The number of carbonyl (C=O) groups is 2. The lowest BCUT2D eigenvalue weighted by molar-refractivity contribution is -0.142. The van der Waals surface area contributed by atoms with Gasteiger partial charge in [0.2, 0.25) is 23.5 Å². The third-order valence-corrected chi connectivity index (χ3v) is 4.76. The first-order valence-electron chi connectivity index (χ1n) is 9.30. The van der Waals surface area contributed by atoms with Gasteiger partial charge in [0, 0.05) is 18.7 Å². The Kier molecular flexibility index (Phi) is 5.33. The molecule has 1 saturated heterocycles. The number of carbonyl (C=O) groups excluding carboxylic acids is 2. The molecule has 0 aliphatic carbocycles. The van der Waals surface area contributed by atoms with Crippen molar-refractivity contribution in [1.82, 2.24) is 20.4 Å². The Morgan fingerprint density at radius 2 is 2.03 bits per heavy atom. The number of nitrogens with one attached hydrogen (secondary N) is 1. The van der Waals surface area contributed by atoms with E-state index < -0.39 is 11.9 Å². The van der Waals surface area contributed by atoms with Crippen LogP contribution in [0.1, 0.15) is 11.5 Å². The summed E-state index contributed by atoms with van der Waals surface area (Å²) in [5.41, 5.74) is 1.36. The smallest absolute Gasteiger partial charge is 0.243 e. The summed E-state index contributed by atoms with van der Waals surface area (Å²) in [6.07, 6.45) is 0.126. The maximum atomic E-state index is 13.4. The molecule has 29 heavy (non-hydrogen) atoms. The van der Waals surface area contributed by atoms with E-state index in [0.717, 1.165) is 5.56 Å². The van der Waals surface area contributed by atoms with Gasteiger partial charge in [-0.3, -0.25) is 9.59 Å². The van der Waals surface area contributed by atoms with Crippen LogP contribution in [-0.2, 0) is 22.4 Å². The molecule has 2 amide bonds. The first-order chi connectivity index (χ1) is 14.1. The van der Waals surface area contributed by atoms with Gasteiger partial charge in [0.05, 0.1) is 12.8 Å². The zero-order valence-electron chi connectivity index (χ0n) is 15.5. The lowest BCUT2D eigenvalue weighted by atomic mass is 10.1. The topological polar surface area (TPSA) is 88.3 Å². The Hall–Kier alpha value is -3.55. The average Bonchev–Trinajstić information content (AvgIpc) is 3.19. The SMILES string of the molecule is O=C1NCCN(C(=O)Cc2cccc(F)c2)C1Cc1nc(-c2ccccc2)no1. The molecule has 1 aromatic heterocycles. The number of piperazine rings is 1. The number of halogens is 1. The fraction of sp³-hybridized carbons (Fsp3) is 0.238. The van der Waals surface area contributed by atoms with Crippen molar-refractivity contribution in [3.8, 4) is 11.4 Å². The lowest BCUT2D eigenvalue weighted by Gasteiger charge is -2.34. The molecule has 0 bridgehead atoms. The molecule has 0 saturated carbocycles. The Labute approximate surface area is 166 Å². The van der Waals surface area contributed by atoms with Crippen LogP contribution in [0.3, 0.4) is 0 Å². The summed E-state index contributed by atoms with van der Waals surface area (Å²) in [6.45, 7) is 0.730. The van der Waals surface area contributed by atoms with E-state index in [1.165, 1.54) is 17.0 Å². The van der Waals surface area contributed by atoms with Gasteiger partial charge in [-0.1, -0.05) is 47.6 Å². The van der Waals surface area contributed by atoms with Crippen LogP contribution in [0.4, 0.5) is 4.39 Å². The Balaban J connectivity index is 1.50. The van der Waals surface area contributed by atoms with Crippen LogP contribution in [0.25, 0.3) is 11.4 Å². The van der Waals surface area contributed by atoms with E-state index >= 15 is 0 Å². The minimum Gasteiger partial charge on any atom is -0.353 e. The highest BCUT2D eigenvalue weighted by molar-refractivity contribution is 5.89. The number of hydrogen-bond acceptors (Lipinski definition) is 5. The van der Waals surface area contributed by atoms with Gasteiger partial charge in [-0.05, 0) is 17.7 Å². The third-order valence-electron chi connectivity index (χ3n) is 4.76. The first kappa shape index (κ1) is 18.8. The molecule has 1 N–H and O–H groups in total. The quantitative estimate of drug-likeness (QED) is 0.715. The highest BCUT2D eigenvalue weighted by atomic mass is 19.1. The van der Waals surface area contributed by atoms with E-state index in [9.17, 15) is 14.0 Å². The zero-order valence-corrected chi connectivity index (χ0v) is 15.5. The van der Waals surface area contributed by atoms with Gasteiger partial charge in [-0.2, -0.15) is 4.98 Å². The first-order valence-corrected chi connectivity index (χ1v) is 9.30. The van der Waals surface area contributed by atoms with Gasteiger partial charge in [0.1, 0.15) is 11.9 Å². The number of amides is 2. The Bertz CT molecular complexity index is 1020. The van der Waals surface area contributed by atoms with Crippen molar-refractivity contribution in [3.63, 3.8) is 0 Å². The van der Waals surface area contributed by atoms with E-state index in [0.29, 0.717) is 24.5 Å². The summed E-state index contributed by atoms with van der Waals surface area (Å²) in [7, 11) is 0. The minimum atomic E-state index is -0.756. The van der Waals surface area contributed by atoms with Crippen LogP contribution >= 0.6 is 0 Å². The van der Waals surface area contributed by atoms with Crippen molar-refractivity contribution >= 4 is 11.8 Å². The van der Waals surface area contributed by atoms with E-state index in [-0.39, 0.29) is 30.5 Å².